The number of fused-ring (bicyclic) bond motifs is 2. The maximum atomic E-state index is 13.6. The van der Waals surface area contributed by atoms with Gasteiger partial charge in [0.05, 0.1) is 28.2 Å². The predicted octanol–water partition coefficient (Wildman–Crippen LogP) is 3.46. The second-order valence-corrected chi connectivity index (χ2v) is 8.15. The number of imide groups is 1. The molecule has 2 atom stereocenters. The molecule has 156 valence electrons. The minimum Gasteiger partial charge on any atom is -0.330 e. The fourth-order valence-electron chi connectivity index (χ4n) is 4.15. The van der Waals surface area contributed by atoms with Gasteiger partial charge in [0.25, 0.3) is 11.8 Å². The van der Waals surface area contributed by atoms with Crippen LogP contribution in [-0.4, -0.2) is 38.1 Å². The summed E-state index contributed by atoms with van der Waals surface area (Å²) in [5.41, 5.74) is 2.04. The number of nitrogens with zero attached hydrogens (tertiary/aromatic N) is 4. The Morgan fingerprint density at radius 2 is 1.61 bits per heavy atom. The van der Waals surface area contributed by atoms with Crippen LogP contribution in [0.4, 0.5) is 0 Å². The second kappa shape index (κ2) is 7.80. The number of para-hydroxylation sites is 2. The summed E-state index contributed by atoms with van der Waals surface area (Å²) >= 11 is 0. The highest BCUT2D eigenvalue weighted by molar-refractivity contribution is 6.23. The Bertz CT molecular complexity index is 1220. The Kier molecular flexibility index (Phi) is 5.15. The smallest absolute Gasteiger partial charge is 0.262 e. The van der Waals surface area contributed by atoms with Gasteiger partial charge in [0.2, 0.25) is 0 Å². The van der Waals surface area contributed by atoms with Gasteiger partial charge in [-0.2, -0.15) is 5.26 Å². The van der Waals surface area contributed by atoms with E-state index in [2.05, 4.69) is 11.1 Å². The highest BCUT2D eigenvalue weighted by Gasteiger charge is 2.45. The van der Waals surface area contributed by atoms with E-state index in [1.54, 1.807) is 35.9 Å². The van der Waals surface area contributed by atoms with E-state index < -0.39 is 29.6 Å². The number of rotatable bonds is 6. The molecule has 4 rings (SSSR count). The Morgan fingerprint density at radius 1 is 1.03 bits per heavy atom. The number of aromatic nitrogens is 2. The van der Waals surface area contributed by atoms with Crippen LogP contribution in [0.15, 0.2) is 48.5 Å². The van der Waals surface area contributed by atoms with Crippen molar-refractivity contribution in [3.63, 3.8) is 0 Å². The van der Waals surface area contributed by atoms with Gasteiger partial charge in [-0.3, -0.25) is 19.3 Å². The number of imidazole rings is 1. The number of ketones is 1. The lowest BCUT2D eigenvalue weighted by Crippen LogP contribution is -2.47. The first-order chi connectivity index (χ1) is 14.8. The first-order valence-electron chi connectivity index (χ1n) is 10.2. The molecular formula is C24H22N4O3. The summed E-state index contributed by atoms with van der Waals surface area (Å²) in [5.74, 6) is -2.37. The molecule has 0 saturated heterocycles. The lowest BCUT2D eigenvalue weighted by atomic mass is 9.91. The topological polar surface area (TPSA) is 96.1 Å². The fourth-order valence-corrected chi connectivity index (χ4v) is 4.15. The number of amides is 2. The van der Waals surface area contributed by atoms with Crippen molar-refractivity contribution in [1.29, 1.82) is 5.26 Å². The van der Waals surface area contributed by atoms with E-state index in [0.717, 1.165) is 10.4 Å². The maximum Gasteiger partial charge on any atom is 0.262 e. The summed E-state index contributed by atoms with van der Waals surface area (Å²) in [6, 6.07) is 14.9. The molecule has 1 aromatic heterocycles. The minimum absolute atomic E-state index is 0.0260. The Labute approximate surface area is 179 Å². The lowest BCUT2D eigenvalue weighted by Gasteiger charge is -2.28. The van der Waals surface area contributed by atoms with Gasteiger partial charge in [0, 0.05) is 7.05 Å². The average Bonchev–Trinajstić information content (AvgIpc) is 3.22. The number of carbonyl (C=O) groups is 3. The van der Waals surface area contributed by atoms with Crippen molar-refractivity contribution >= 4 is 28.6 Å². The zero-order valence-corrected chi connectivity index (χ0v) is 17.6. The molecule has 2 unspecified atom stereocenters. The minimum atomic E-state index is -1.20. The van der Waals surface area contributed by atoms with Crippen molar-refractivity contribution in [1.82, 2.24) is 14.5 Å². The molecule has 0 radical (unpaired) electrons. The van der Waals surface area contributed by atoms with E-state index >= 15 is 0 Å². The Hall–Kier alpha value is -3.79. The summed E-state index contributed by atoms with van der Waals surface area (Å²) in [7, 11) is 1.75. The zero-order chi connectivity index (χ0) is 22.3. The molecule has 2 amide bonds. The Morgan fingerprint density at radius 3 is 2.16 bits per heavy atom. The van der Waals surface area contributed by atoms with Crippen LogP contribution in [0, 0.1) is 17.2 Å². The molecule has 2 heterocycles. The third kappa shape index (κ3) is 3.30. The van der Waals surface area contributed by atoms with Crippen LogP contribution >= 0.6 is 0 Å². The highest BCUT2D eigenvalue weighted by atomic mass is 16.2. The molecule has 2 aromatic carbocycles. The van der Waals surface area contributed by atoms with Gasteiger partial charge in [0.15, 0.2) is 11.7 Å². The number of carbonyl (C=O) groups excluding carboxylic acids is 3. The first kappa shape index (κ1) is 20.5. The number of hydrogen-bond acceptors (Lipinski definition) is 5. The normalized spacial score (nSPS) is 15.3. The van der Waals surface area contributed by atoms with Crippen LogP contribution in [0.2, 0.25) is 0 Å². The van der Waals surface area contributed by atoms with Gasteiger partial charge >= 0.3 is 0 Å². The monoisotopic (exact) mass is 414 g/mol. The number of nitriles is 1. The largest absolute Gasteiger partial charge is 0.330 e. The molecule has 1 aliphatic heterocycles. The second-order valence-electron chi connectivity index (χ2n) is 8.15. The van der Waals surface area contributed by atoms with Gasteiger partial charge in [-0.25, -0.2) is 4.98 Å². The summed E-state index contributed by atoms with van der Waals surface area (Å²) < 4.78 is 1.72. The zero-order valence-electron chi connectivity index (χ0n) is 17.6. The molecule has 7 nitrogen and oxygen atoms in total. The molecular weight excluding hydrogens is 392 g/mol. The van der Waals surface area contributed by atoms with E-state index in [9.17, 15) is 19.6 Å². The van der Waals surface area contributed by atoms with Crippen molar-refractivity contribution in [2.45, 2.75) is 32.2 Å². The Balaban J connectivity index is 1.76. The lowest BCUT2D eigenvalue weighted by molar-refractivity contribution is -0.123. The van der Waals surface area contributed by atoms with Crippen LogP contribution in [0.25, 0.3) is 11.0 Å². The summed E-state index contributed by atoms with van der Waals surface area (Å²) in [5, 5.41) is 9.92. The van der Waals surface area contributed by atoms with Crippen LogP contribution in [0.1, 0.15) is 52.7 Å². The van der Waals surface area contributed by atoms with E-state index in [0.29, 0.717) is 11.3 Å². The molecule has 31 heavy (non-hydrogen) atoms. The van der Waals surface area contributed by atoms with E-state index in [1.807, 2.05) is 38.1 Å². The summed E-state index contributed by atoms with van der Waals surface area (Å²) in [6.45, 7) is 3.82. The third-order valence-electron chi connectivity index (χ3n) is 5.65. The van der Waals surface area contributed by atoms with E-state index in [4.69, 9.17) is 0 Å². The molecule has 0 N–H and O–H groups in total. The molecule has 1 aliphatic rings. The summed E-state index contributed by atoms with van der Waals surface area (Å²) in [6.07, 6.45) is 0.270. The molecule has 3 aromatic rings. The van der Waals surface area contributed by atoms with Gasteiger partial charge < -0.3 is 4.57 Å². The van der Waals surface area contributed by atoms with Crippen LogP contribution < -0.4 is 0 Å². The standard InChI is InChI=1S/C24H22N4O3/c1-14(2)12-20(28-23(30)15-8-4-5-9-16(15)24(28)31)21(29)17(13-25)22-26-18-10-6-7-11-19(18)27(22)3/h4-11,14,17,20H,12H2,1-3H3. The van der Waals surface area contributed by atoms with Gasteiger partial charge in [-0.05, 0) is 36.6 Å². The maximum absolute atomic E-state index is 13.6. The van der Waals surface area contributed by atoms with Gasteiger partial charge in [-0.1, -0.05) is 38.1 Å². The molecule has 0 aliphatic carbocycles. The number of hydrogen-bond donors (Lipinski definition) is 0. The van der Waals surface area contributed by atoms with Crippen LogP contribution in [0.5, 0.6) is 0 Å². The quantitative estimate of drug-likeness (QED) is 0.576. The average molecular weight is 414 g/mol. The third-order valence-corrected chi connectivity index (χ3v) is 5.65. The number of aryl methyl sites for hydroxylation is 1. The van der Waals surface area contributed by atoms with E-state index in [-0.39, 0.29) is 23.5 Å². The molecule has 0 bridgehead atoms. The van der Waals surface area contributed by atoms with Crippen LogP contribution in [0.3, 0.4) is 0 Å². The molecule has 0 fully saturated rings. The first-order valence-corrected chi connectivity index (χ1v) is 10.2. The van der Waals surface area contributed by atoms with Crippen molar-refractivity contribution in [2.24, 2.45) is 13.0 Å². The highest BCUT2D eigenvalue weighted by Crippen LogP contribution is 2.31. The SMILES string of the molecule is CC(C)CC(C(=O)C(C#N)c1nc2ccccc2n1C)N1C(=O)c2ccccc2C1=O. The van der Waals surface area contributed by atoms with Crippen molar-refractivity contribution in [3.8, 4) is 6.07 Å². The number of benzene rings is 2. The van der Waals surface area contributed by atoms with Gasteiger partial charge in [0.1, 0.15) is 11.9 Å². The fraction of sp³-hybridized carbons (Fsp3) is 0.292. The van der Waals surface area contributed by atoms with Crippen molar-refractivity contribution in [2.75, 3.05) is 0 Å². The van der Waals surface area contributed by atoms with Crippen molar-refractivity contribution in [3.05, 3.63) is 65.5 Å². The summed E-state index contributed by atoms with van der Waals surface area (Å²) in [4.78, 5) is 45.3. The van der Waals surface area contributed by atoms with Crippen LogP contribution in [-0.2, 0) is 11.8 Å². The molecule has 0 spiro atoms. The van der Waals surface area contributed by atoms with Gasteiger partial charge in [-0.15, -0.1) is 0 Å². The van der Waals surface area contributed by atoms with E-state index in [1.165, 1.54) is 0 Å². The number of Topliss-reactive ketones (excluding diaryl/α,β-unsaturated/α-hetero) is 1. The predicted molar refractivity (Wildman–Crippen MR) is 114 cm³/mol. The molecule has 0 saturated carbocycles. The molecule has 7 heteroatoms. The van der Waals surface area contributed by atoms with Crippen molar-refractivity contribution < 1.29 is 14.4 Å².